The molecule has 0 aliphatic carbocycles. The minimum atomic E-state index is -0.877. The molecule has 0 aromatic rings. The first-order valence-electron chi connectivity index (χ1n) is 24.7. The van der Waals surface area contributed by atoms with Crippen molar-refractivity contribution in [1.29, 1.82) is 0 Å². The summed E-state index contributed by atoms with van der Waals surface area (Å²) in [6.45, 7) is 4.71. The number of esters is 2. The SMILES string of the molecule is CCCCC/C=C/C/C=C/C/C=C/C/C=C/CCCCCCCC(=O)OCC(COCCC(C(=O)O)[N+](C)(C)C)OC(=O)CCCCCCCCCCCCCCCCC. The van der Waals surface area contributed by atoms with Crippen LogP contribution in [0.1, 0.15) is 213 Å². The van der Waals surface area contributed by atoms with Crippen LogP contribution in [0.3, 0.4) is 0 Å². The molecular formula is C52H94NO7+. The van der Waals surface area contributed by atoms with E-state index < -0.39 is 18.1 Å². The minimum Gasteiger partial charge on any atom is -0.477 e. The van der Waals surface area contributed by atoms with E-state index in [1.54, 1.807) is 0 Å². The fraction of sp³-hybridized carbons (Fsp3) is 0.788. The van der Waals surface area contributed by atoms with Crippen LogP contribution in [0.25, 0.3) is 0 Å². The summed E-state index contributed by atoms with van der Waals surface area (Å²) in [5, 5.41) is 9.64. The fourth-order valence-electron chi connectivity index (χ4n) is 7.13. The number of nitrogens with zero attached hydrogens (tertiary/aromatic N) is 1. The van der Waals surface area contributed by atoms with Crippen molar-refractivity contribution >= 4 is 17.9 Å². The average molecular weight is 845 g/mol. The predicted molar refractivity (Wildman–Crippen MR) is 252 cm³/mol. The highest BCUT2D eigenvalue weighted by Crippen LogP contribution is 2.15. The molecule has 0 aromatic heterocycles. The van der Waals surface area contributed by atoms with Crippen LogP contribution >= 0.6 is 0 Å². The Bertz CT molecular complexity index is 1120. The normalized spacial score (nSPS) is 13.3. The van der Waals surface area contributed by atoms with E-state index >= 15 is 0 Å². The number of rotatable bonds is 44. The number of carboxylic acids is 1. The van der Waals surface area contributed by atoms with Crippen molar-refractivity contribution in [2.75, 3.05) is 41.0 Å². The summed E-state index contributed by atoms with van der Waals surface area (Å²) >= 11 is 0. The molecule has 1 N–H and O–H groups in total. The number of allylic oxidation sites excluding steroid dienone is 8. The largest absolute Gasteiger partial charge is 0.477 e. The molecule has 0 amide bonds. The number of carbonyl (C=O) groups excluding carboxylic acids is 2. The lowest BCUT2D eigenvalue weighted by Crippen LogP contribution is -2.50. The van der Waals surface area contributed by atoms with Crippen LogP contribution in [-0.4, -0.2) is 80.6 Å². The monoisotopic (exact) mass is 845 g/mol. The Balaban J connectivity index is 4.30. The summed E-state index contributed by atoms with van der Waals surface area (Å²) in [7, 11) is 5.53. The number of aliphatic carboxylic acids is 1. The van der Waals surface area contributed by atoms with Crippen molar-refractivity contribution in [2.24, 2.45) is 0 Å². The van der Waals surface area contributed by atoms with Gasteiger partial charge in [0.1, 0.15) is 6.61 Å². The summed E-state index contributed by atoms with van der Waals surface area (Å²) in [4.78, 5) is 37.1. The van der Waals surface area contributed by atoms with Gasteiger partial charge in [-0.2, -0.15) is 0 Å². The van der Waals surface area contributed by atoms with Crippen molar-refractivity contribution in [1.82, 2.24) is 0 Å². The van der Waals surface area contributed by atoms with Gasteiger partial charge in [-0.25, -0.2) is 4.79 Å². The molecule has 0 bridgehead atoms. The molecule has 8 heteroatoms. The van der Waals surface area contributed by atoms with E-state index in [1.165, 1.54) is 103 Å². The molecule has 2 unspecified atom stereocenters. The lowest BCUT2D eigenvalue weighted by Gasteiger charge is -2.31. The molecule has 0 radical (unpaired) electrons. The fourth-order valence-corrected chi connectivity index (χ4v) is 7.13. The van der Waals surface area contributed by atoms with Crippen molar-refractivity contribution < 1.29 is 38.2 Å². The van der Waals surface area contributed by atoms with Crippen LogP contribution in [-0.2, 0) is 28.6 Å². The summed E-state index contributed by atoms with van der Waals surface area (Å²) in [5.41, 5.74) is 0. The Hall–Kier alpha value is -2.71. The van der Waals surface area contributed by atoms with Gasteiger partial charge >= 0.3 is 17.9 Å². The molecule has 348 valence electrons. The Morgan fingerprint density at radius 1 is 0.500 bits per heavy atom. The van der Waals surface area contributed by atoms with Crippen LogP contribution in [0.15, 0.2) is 48.6 Å². The van der Waals surface area contributed by atoms with E-state index in [0.29, 0.717) is 19.3 Å². The summed E-state index contributed by atoms with van der Waals surface area (Å²) in [6.07, 6.45) is 51.5. The Morgan fingerprint density at radius 3 is 1.33 bits per heavy atom. The average Bonchev–Trinajstić information content (AvgIpc) is 3.21. The van der Waals surface area contributed by atoms with Gasteiger partial charge in [-0.1, -0.05) is 184 Å². The predicted octanol–water partition coefficient (Wildman–Crippen LogP) is 14.0. The Morgan fingerprint density at radius 2 is 0.883 bits per heavy atom. The second kappa shape index (κ2) is 43.0. The third-order valence-electron chi connectivity index (χ3n) is 11.0. The van der Waals surface area contributed by atoms with Crippen molar-refractivity contribution in [3.63, 3.8) is 0 Å². The number of likely N-dealkylation sites (N-methyl/N-ethyl adjacent to an activating group) is 1. The Kier molecular flexibility index (Phi) is 41.0. The standard InChI is InChI=1S/C52H93NO7/c1-6-8-10-12-14-16-18-20-22-23-24-25-26-27-29-30-32-34-36-38-40-42-50(54)59-47-48(46-58-45-44-49(52(56)57)53(3,4)5)60-51(55)43-41-39-37-35-33-31-28-21-19-17-15-13-11-9-7-2/h14,16,20,22,24-25,27,29,48-49H,6-13,15,17-19,21,23,26,28,30-47H2,1-5H3/p+1/b16-14+,22-20+,25-24+,29-27+. The smallest absolute Gasteiger partial charge is 0.362 e. The zero-order chi connectivity index (χ0) is 44.2. The number of carbonyl (C=O) groups is 3. The van der Waals surface area contributed by atoms with E-state index in [0.717, 1.165) is 77.0 Å². The lowest BCUT2D eigenvalue weighted by molar-refractivity contribution is -0.887. The van der Waals surface area contributed by atoms with Crippen molar-refractivity contribution in [2.45, 2.75) is 225 Å². The van der Waals surface area contributed by atoms with Crippen LogP contribution in [0.4, 0.5) is 0 Å². The highest BCUT2D eigenvalue weighted by atomic mass is 16.6. The number of hydrogen-bond donors (Lipinski definition) is 1. The highest BCUT2D eigenvalue weighted by molar-refractivity contribution is 5.72. The molecule has 0 saturated heterocycles. The van der Waals surface area contributed by atoms with Crippen LogP contribution in [0.5, 0.6) is 0 Å². The molecule has 0 fully saturated rings. The summed E-state index contributed by atoms with van der Waals surface area (Å²) < 4.78 is 17.3. The molecule has 0 aliphatic heterocycles. The molecule has 8 nitrogen and oxygen atoms in total. The molecule has 0 aliphatic rings. The maximum absolute atomic E-state index is 12.8. The summed E-state index contributed by atoms with van der Waals surface area (Å²) in [6, 6.07) is -0.617. The second-order valence-corrected chi connectivity index (χ2v) is 17.7. The molecule has 0 aromatic carbocycles. The topological polar surface area (TPSA) is 99.1 Å². The quantitative estimate of drug-likeness (QED) is 0.0282. The molecule has 60 heavy (non-hydrogen) atoms. The molecule has 0 spiro atoms. The molecule has 0 saturated carbocycles. The first-order chi connectivity index (χ1) is 29.1. The zero-order valence-electron chi connectivity index (χ0n) is 39.7. The van der Waals surface area contributed by atoms with E-state index in [2.05, 4.69) is 62.5 Å². The van der Waals surface area contributed by atoms with Crippen LogP contribution < -0.4 is 0 Å². The third kappa shape index (κ3) is 40.7. The van der Waals surface area contributed by atoms with E-state index in [1.807, 2.05) is 21.1 Å². The number of quaternary nitrogens is 1. The minimum absolute atomic E-state index is 0.0563. The number of hydrogen-bond acceptors (Lipinski definition) is 6. The van der Waals surface area contributed by atoms with Gasteiger partial charge in [0.15, 0.2) is 12.1 Å². The second-order valence-electron chi connectivity index (χ2n) is 17.7. The maximum atomic E-state index is 12.8. The lowest BCUT2D eigenvalue weighted by atomic mass is 10.0. The number of carboxylic acid groups (broad SMARTS) is 1. The van der Waals surface area contributed by atoms with Crippen LogP contribution in [0, 0.1) is 0 Å². The Labute approximate surface area is 369 Å². The highest BCUT2D eigenvalue weighted by Gasteiger charge is 2.31. The molecule has 2 atom stereocenters. The molecular weight excluding hydrogens is 751 g/mol. The van der Waals surface area contributed by atoms with Gasteiger partial charge in [-0.05, 0) is 57.8 Å². The van der Waals surface area contributed by atoms with Crippen molar-refractivity contribution in [3.05, 3.63) is 48.6 Å². The molecule has 0 heterocycles. The van der Waals surface area contributed by atoms with Gasteiger partial charge in [-0.3, -0.25) is 9.59 Å². The van der Waals surface area contributed by atoms with Gasteiger partial charge in [-0.15, -0.1) is 0 Å². The first kappa shape index (κ1) is 57.3. The first-order valence-corrected chi connectivity index (χ1v) is 24.7. The van der Waals surface area contributed by atoms with Gasteiger partial charge in [0.2, 0.25) is 0 Å². The number of unbranched alkanes of at least 4 members (excludes halogenated alkanes) is 22. The van der Waals surface area contributed by atoms with E-state index in [-0.39, 0.29) is 36.2 Å². The van der Waals surface area contributed by atoms with Gasteiger partial charge in [0, 0.05) is 19.3 Å². The van der Waals surface area contributed by atoms with Gasteiger partial charge in [0.25, 0.3) is 0 Å². The maximum Gasteiger partial charge on any atom is 0.362 e. The van der Waals surface area contributed by atoms with E-state index in [9.17, 15) is 19.5 Å². The van der Waals surface area contributed by atoms with E-state index in [4.69, 9.17) is 14.2 Å². The van der Waals surface area contributed by atoms with Crippen molar-refractivity contribution in [3.8, 4) is 0 Å². The summed E-state index contributed by atoms with van der Waals surface area (Å²) in [5.74, 6) is -1.48. The number of ether oxygens (including phenoxy) is 3. The van der Waals surface area contributed by atoms with Gasteiger partial charge in [0.05, 0.1) is 34.4 Å². The van der Waals surface area contributed by atoms with Gasteiger partial charge < -0.3 is 23.8 Å². The van der Waals surface area contributed by atoms with Crippen LogP contribution in [0.2, 0.25) is 0 Å². The third-order valence-corrected chi connectivity index (χ3v) is 11.0. The zero-order valence-corrected chi connectivity index (χ0v) is 39.7. The molecule has 0 rings (SSSR count).